The summed E-state index contributed by atoms with van der Waals surface area (Å²) in [6.07, 6.45) is -0.199. The zero-order valence-electron chi connectivity index (χ0n) is 14.7. The molecule has 0 aliphatic carbocycles. The second-order valence-electron chi connectivity index (χ2n) is 6.37. The van der Waals surface area contributed by atoms with Crippen molar-refractivity contribution in [2.45, 2.75) is 17.4 Å². The van der Waals surface area contributed by atoms with Crippen molar-refractivity contribution >= 4 is 21.9 Å². The van der Waals surface area contributed by atoms with Gasteiger partial charge < -0.3 is 19.5 Å². The van der Waals surface area contributed by atoms with Crippen LogP contribution in [0.15, 0.2) is 29.2 Å². The Morgan fingerprint density at radius 2 is 1.67 bits per heavy atom. The Kier molecular flexibility index (Phi) is 6.10. The molecule has 10 heteroatoms. The molecule has 0 saturated carbocycles. The van der Waals surface area contributed by atoms with E-state index in [2.05, 4.69) is 0 Å². The molecule has 0 bridgehead atoms. The predicted molar refractivity (Wildman–Crippen MR) is 93.9 cm³/mol. The summed E-state index contributed by atoms with van der Waals surface area (Å²) in [7, 11) is -3.63. The molecule has 1 amide bonds. The molecule has 148 valence electrons. The SMILES string of the molecule is O=C(O)CC1COCCN1C(=O)c1ccc(S(=O)(=O)N2CCOCC2)cc1. The van der Waals surface area contributed by atoms with Gasteiger partial charge in [0.05, 0.1) is 43.8 Å². The van der Waals surface area contributed by atoms with Gasteiger partial charge >= 0.3 is 5.97 Å². The van der Waals surface area contributed by atoms with Crippen molar-refractivity contribution in [1.82, 2.24) is 9.21 Å². The van der Waals surface area contributed by atoms with Crippen LogP contribution in [0.3, 0.4) is 0 Å². The molecule has 0 spiro atoms. The first-order valence-corrected chi connectivity index (χ1v) is 10.1. The van der Waals surface area contributed by atoms with Gasteiger partial charge in [-0.05, 0) is 24.3 Å². The molecule has 2 aliphatic rings. The van der Waals surface area contributed by atoms with E-state index in [1.165, 1.54) is 33.5 Å². The average molecular weight is 398 g/mol. The fourth-order valence-corrected chi connectivity index (χ4v) is 4.57. The Balaban J connectivity index is 1.75. The number of aliphatic carboxylic acids is 1. The van der Waals surface area contributed by atoms with E-state index < -0.39 is 22.0 Å². The van der Waals surface area contributed by atoms with Crippen LogP contribution in [0.1, 0.15) is 16.8 Å². The van der Waals surface area contributed by atoms with E-state index in [0.717, 1.165) is 0 Å². The number of amides is 1. The molecule has 0 aromatic heterocycles. The second-order valence-corrected chi connectivity index (χ2v) is 8.30. The van der Waals surface area contributed by atoms with Crippen LogP contribution in [0.4, 0.5) is 0 Å². The molecule has 1 atom stereocenters. The topological polar surface area (TPSA) is 113 Å². The third-order valence-electron chi connectivity index (χ3n) is 4.61. The quantitative estimate of drug-likeness (QED) is 0.744. The summed E-state index contributed by atoms with van der Waals surface area (Å²) in [5.74, 6) is -1.34. The Morgan fingerprint density at radius 3 is 2.30 bits per heavy atom. The molecular formula is C17H22N2O7S. The van der Waals surface area contributed by atoms with E-state index in [9.17, 15) is 18.0 Å². The van der Waals surface area contributed by atoms with Crippen molar-refractivity contribution in [3.05, 3.63) is 29.8 Å². The summed E-state index contributed by atoms with van der Waals surface area (Å²) in [5.41, 5.74) is 0.313. The normalized spacial score (nSPS) is 21.8. The fourth-order valence-electron chi connectivity index (χ4n) is 3.16. The van der Waals surface area contributed by atoms with Crippen LogP contribution in [-0.4, -0.2) is 86.7 Å². The average Bonchev–Trinajstić information content (AvgIpc) is 2.68. The molecule has 3 rings (SSSR count). The summed E-state index contributed by atoms with van der Waals surface area (Å²) < 4.78 is 37.1. The molecular weight excluding hydrogens is 376 g/mol. The van der Waals surface area contributed by atoms with Crippen molar-refractivity contribution < 1.29 is 32.6 Å². The number of hydrogen-bond acceptors (Lipinski definition) is 6. The first kappa shape index (κ1) is 19.7. The number of carbonyl (C=O) groups excluding carboxylic acids is 1. The standard InChI is InChI=1S/C17H22N2O7S/c20-16(21)11-14-12-26-10-7-19(14)17(22)13-1-3-15(4-2-13)27(23,24)18-5-8-25-9-6-18/h1-4,14H,5-12H2,(H,20,21). The van der Waals surface area contributed by atoms with E-state index >= 15 is 0 Å². The van der Waals surface area contributed by atoms with E-state index in [0.29, 0.717) is 45.0 Å². The highest BCUT2D eigenvalue weighted by Crippen LogP contribution is 2.20. The maximum Gasteiger partial charge on any atom is 0.305 e. The number of sulfonamides is 1. The number of carboxylic acids is 1. The molecule has 1 N–H and O–H groups in total. The number of morpholine rings is 2. The Bertz CT molecular complexity index is 788. The largest absolute Gasteiger partial charge is 0.481 e. The minimum absolute atomic E-state index is 0.116. The van der Waals surface area contributed by atoms with Gasteiger partial charge in [0.2, 0.25) is 10.0 Å². The van der Waals surface area contributed by atoms with Crippen molar-refractivity contribution in [1.29, 1.82) is 0 Å². The number of carbonyl (C=O) groups is 2. The number of carboxylic acid groups (broad SMARTS) is 1. The fraction of sp³-hybridized carbons (Fsp3) is 0.529. The molecule has 1 aromatic carbocycles. The molecule has 2 fully saturated rings. The van der Waals surface area contributed by atoms with Gasteiger partial charge in [-0.25, -0.2) is 8.42 Å². The van der Waals surface area contributed by atoms with Gasteiger partial charge in [-0.2, -0.15) is 4.31 Å². The highest BCUT2D eigenvalue weighted by atomic mass is 32.2. The van der Waals surface area contributed by atoms with Crippen LogP contribution >= 0.6 is 0 Å². The lowest BCUT2D eigenvalue weighted by Gasteiger charge is -2.35. The van der Waals surface area contributed by atoms with Crippen LogP contribution in [-0.2, 0) is 24.3 Å². The molecule has 9 nitrogen and oxygen atoms in total. The van der Waals surface area contributed by atoms with Gasteiger partial charge in [0.1, 0.15) is 0 Å². The third-order valence-corrected chi connectivity index (χ3v) is 6.52. The molecule has 2 saturated heterocycles. The maximum atomic E-state index is 12.8. The highest BCUT2D eigenvalue weighted by molar-refractivity contribution is 7.89. The zero-order chi connectivity index (χ0) is 19.4. The van der Waals surface area contributed by atoms with Crippen LogP contribution in [0.2, 0.25) is 0 Å². The molecule has 2 aliphatic heterocycles. The molecule has 1 unspecified atom stereocenters. The summed E-state index contributed by atoms with van der Waals surface area (Å²) in [6.45, 7) is 2.12. The predicted octanol–water partition coefficient (Wildman–Crippen LogP) is 0.0232. The highest BCUT2D eigenvalue weighted by Gasteiger charge is 2.31. The lowest BCUT2D eigenvalue weighted by atomic mass is 10.1. The van der Waals surface area contributed by atoms with E-state index in [4.69, 9.17) is 14.6 Å². The number of ether oxygens (including phenoxy) is 2. The lowest BCUT2D eigenvalue weighted by Crippen LogP contribution is -2.49. The molecule has 27 heavy (non-hydrogen) atoms. The summed E-state index contributed by atoms with van der Waals surface area (Å²) in [6, 6.07) is 5.20. The van der Waals surface area contributed by atoms with Crippen molar-refractivity contribution in [2.75, 3.05) is 46.1 Å². The van der Waals surface area contributed by atoms with Crippen LogP contribution < -0.4 is 0 Å². The molecule has 1 aromatic rings. The van der Waals surface area contributed by atoms with E-state index in [1.807, 2.05) is 0 Å². The summed E-state index contributed by atoms with van der Waals surface area (Å²) in [4.78, 5) is 25.4. The monoisotopic (exact) mass is 398 g/mol. The number of benzene rings is 1. The minimum Gasteiger partial charge on any atom is -0.481 e. The van der Waals surface area contributed by atoms with Crippen molar-refractivity contribution in [3.8, 4) is 0 Å². The number of nitrogens with zero attached hydrogens (tertiary/aromatic N) is 2. The van der Waals surface area contributed by atoms with Crippen molar-refractivity contribution in [3.63, 3.8) is 0 Å². The Morgan fingerprint density at radius 1 is 1.04 bits per heavy atom. The van der Waals surface area contributed by atoms with Crippen LogP contribution in [0.5, 0.6) is 0 Å². The van der Waals surface area contributed by atoms with Crippen molar-refractivity contribution in [2.24, 2.45) is 0 Å². The number of hydrogen-bond donors (Lipinski definition) is 1. The minimum atomic E-state index is -3.63. The van der Waals surface area contributed by atoms with Gasteiger partial charge in [-0.1, -0.05) is 0 Å². The summed E-state index contributed by atoms with van der Waals surface area (Å²) in [5, 5.41) is 9.01. The van der Waals surface area contributed by atoms with Gasteiger partial charge in [-0.3, -0.25) is 9.59 Å². The first-order chi connectivity index (χ1) is 12.9. The van der Waals surface area contributed by atoms with Crippen LogP contribution in [0.25, 0.3) is 0 Å². The van der Waals surface area contributed by atoms with Gasteiger partial charge in [0.15, 0.2) is 0 Å². The smallest absolute Gasteiger partial charge is 0.305 e. The van der Waals surface area contributed by atoms with E-state index in [1.54, 1.807) is 0 Å². The number of rotatable bonds is 5. The molecule has 2 heterocycles. The van der Waals surface area contributed by atoms with E-state index in [-0.39, 0.29) is 23.8 Å². The Labute approximate surface area is 157 Å². The zero-order valence-corrected chi connectivity index (χ0v) is 15.6. The van der Waals surface area contributed by atoms with Gasteiger partial charge in [0.25, 0.3) is 5.91 Å². The van der Waals surface area contributed by atoms with Gasteiger partial charge in [0, 0.05) is 25.2 Å². The summed E-state index contributed by atoms with van der Waals surface area (Å²) >= 11 is 0. The van der Waals surface area contributed by atoms with Gasteiger partial charge in [-0.15, -0.1) is 0 Å². The maximum absolute atomic E-state index is 12.8. The second kappa shape index (κ2) is 8.34. The lowest BCUT2D eigenvalue weighted by molar-refractivity contribution is -0.139. The first-order valence-electron chi connectivity index (χ1n) is 8.68. The molecule has 0 radical (unpaired) electrons. The third kappa shape index (κ3) is 4.46. The van der Waals surface area contributed by atoms with Crippen LogP contribution in [0, 0.1) is 0 Å². The Hall–Kier alpha value is -2.01.